The van der Waals surface area contributed by atoms with Crippen LogP contribution >= 0.6 is 0 Å². The molecule has 2 aromatic heterocycles. The lowest BCUT2D eigenvalue weighted by atomic mass is 9.97. The predicted molar refractivity (Wildman–Crippen MR) is 109 cm³/mol. The van der Waals surface area contributed by atoms with Gasteiger partial charge in [-0.1, -0.05) is 0 Å². The Kier molecular flexibility index (Phi) is 5.24. The number of anilines is 2. The smallest absolute Gasteiger partial charge is 0.229 e. The van der Waals surface area contributed by atoms with Crippen LogP contribution in [0.5, 0.6) is 0 Å². The molecule has 1 atom stereocenters. The summed E-state index contributed by atoms with van der Waals surface area (Å²) in [7, 11) is 0. The molecule has 1 N–H and O–H groups in total. The van der Waals surface area contributed by atoms with E-state index in [9.17, 15) is 9.18 Å². The first-order valence-corrected chi connectivity index (χ1v) is 9.68. The van der Waals surface area contributed by atoms with Crippen molar-refractivity contribution in [3.63, 3.8) is 0 Å². The molecule has 0 saturated carbocycles. The summed E-state index contributed by atoms with van der Waals surface area (Å²) in [6.45, 7) is 5.32. The molecule has 1 aliphatic heterocycles. The fourth-order valence-corrected chi connectivity index (χ4v) is 3.64. The van der Waals surface area contributed by atoms with Crippen LogP contribution in [0.15, 0.2) is 42.5 Å². The van der Waals surface area contributed by atoms with E-state index >= 15 is 0 Å². The molecule has 0 aliphatic carbocycles. The van der Waals surface area contributed by atoms with Crippen molar-refractivity contribution in [3.8, 4) is 5.82 Å². The van der Waals surface area contributed by atoms with E-state index in [4.69, 9.17) is 0 Å². The van der Waals surface area contributed by atoms with Crippen LogP contribution in [0.1, 0.15) is 24.2 Å². The number of hydrogen-bond donors (Lipinski definition) is 1. The van der Waals surface area contributed by atoms with Crippen molar-refractivity contribution < 1.29 is 9.18 Å². The first-order valence-electron chi connectivity index (χ1n) is 9.68. The van der Waals surface area contributed by atoms with E-state index in [0.717, 1.165) is 36.6 Å². The van der Waals surface area contributed by atoms with Crippen LogP contribution in [0.25, 0.3) is 5.82 Å². The van der Waals surface area contributed by atoms with E-state index in [0.29, 0.717) is 18.1 Å². The molecule has 1 fully saturated rings. The summed E-state index contributed by atoms with van der Waals surface area (Å²) in [6.07, 6.45) is 1.70. The third-order valence-electron chi connectivity index (χ3n) is 5.09. The Bertz CT molecular complexity index is 999. The number of aryl methyl sites for hydroxylation is 2. The first-order chi connectivity index (χ1) is 14.0. The molecule has 1 aliphatic rings. The number of nitrogens with one attached hydrogen (secondary N) is 1. The highest BCUT2D eigenvalue weighted by molar-refractivity contribution is 5.93. The summed E-state index contributed by atoms with van der Waals surface area (Å²) >= 11 is 0. The number of nitrogens with zero attached hydrogens (tertiary/aromatic N) is 5. The molecule has 1 aromatic carbocycles. The molecule has 1 amide bonds. The van der Waals surface area contributed by atoms with Gasteiger partial charge in [0, 0.05) is 24.5 Å². The van der Waals surface area contributed by atoms with Crippen molar-refractivity contribution in [2.45, 2.75) is 26.7 Å². The molecule has 150 valence electrons. The Hall–Kier alpha value is -3.29. The zero-order valence-corrected chi connectivity index (χ0v) is 16.5. The zero-order chi connectivity index (χ0) is 20.4. The maximum Gasteiger partial charge on any atom is 0.229 e. The Morgan fingerprint density at radius 3 is 2.48 bits per heavy atom. The normalized spacial score (nSPS) is 16.7. The molecule has 4 rings (SSSR count). The Balaban J connectivity index is 1.43. The van der Waals surface area contributed by atoms with Gasteiger partial charge in [-0.15, -0.1) is 10.2 Å². The van der Waals surface area contributed by atoms with E-state index in [1.54, 1.807) is 16.8 Å². The molecule has 3 aromatic rings. The fraction of sp³-hybridized carbons (Fsp3) is 0.333. The third-order valence-corrected chi connectivity index (χ3v) is 5.09. The number of carbonyl (C=O) groups is 1. The van der Waals surface area contributed by atoms with Gasteiger partial charge in [0.15, 0.2) is 11.6 Å². The lowest BCUT2D eigenvalue weighted by Gasteiger charge is -2.32. The molecule has 3 heterocycles. The van der Waals surface area contributed by atoms with Gasteiger partial charge in [-0.3, -0.25) is 4.79 Å². The van der Waals surface area contributed by atoms with Gasteiger partial charge in [0.25, 0.3) is 0 Å². The summed E-state index contributed by atoms with van der Waals surface area (Å²) < 4.78 is 14.8. The van der Waals surface area contributed by atoms with E-state index < -0.39 is 0 Å². The summed E-state index contributed by atoms with van der Waals surface area (Å²) in [4.78, 5) is 14.7. The number of aromatic nitrogens is 4. The van der Waals surface area contributed by atoms with E-state index in [2.05, 4.69) is 25.5 Å². The van der Waals surface area contributed by atoms with Crippen molar-refractivity contribution >= 4 is 17.4 Å². The van der Waals surface area contributed by atoms with Gasteiger partial charge in [-0.25, -0.2) is 9.07 Å². The van der Waals surface area contributed by atoms with Crippen molar-refractivity contribution in [2.75, 3.05) is 23.3 Å². The molecule has 0 spiro atoms. The van der Waals surface area contributed by atoms with Crippen molar-refractivity contribution in [1.29, 1.82) is 0 Å². The molecule has 8 heteroatoms. The summed E-state index contributed by atoms with van der Waals surface area (Å²) in [5.41, 5.74) is 2.53. The summed E-state index contributed by atoms with van der Waals surface area (Å²) in [6, 6.07) is 11.6. The van der Waals surface area contributed by atoms with Crippen LogP contribution < -0.4 is 10.2 Å². The predicted octanol–water partition coefficient (Wildman–Crippen LogP) is 3.27. The molecule has 0 radical (unpaired) electrons. The lowest BCUT2D eigenvalue weighted by molar-refractivity contribution is -0.120. The number of rotatable bonds is 4. The van der Waals surface area contributed by atoms with Crippen LogP contribution in [0, 0.1) is 25.6 Å². The average Bonchev–Trinajstić information content (AvgIpc) is 3.08. The largest absolute Gasteiger partial charge is 0.354 e. The monoisotopic (exact) mass is 394 g/mol. The van der Waals surface area contributed by atoms with Crippen LogP contribution in [0.3, 0.4) is 0 Å². The van der Waals surface area contributed by atoms with Gasteiger partial charge >= 0.3 is 0 Å². The minimum atomic E-state index is -0.325. The maximum atomic E-state index is 13.0. The Labute approximate surface area is 168 Å². The Morgan fingerprint density at radius 1 is 1.10 bits per heavy atom. The quantitative estimate of drug-likeness (QED) is 0.735. The molecule has 0 bridgehead atoms. The van der Waals surface area contributed by atoms with Gasteiger partial charge < -0.3 is 10.2 Å². The van der Waals surface area contributed by atoms with E-state index in [1.165, 1.54) is 12.1 Å². The average molecular weight is 394 g/mol. The highest BCUT2D eigenvalue weighted by Gasteiger charge is 2.27. The second kappa shape index (κ2) is 7.98. The third kappa shape index (κ3) is 4.26. The fourth-order valence-electron chi connectivity index (χ4n) is 3.64. The highest BCUT2D eigenvalue weighted by Crippen LogP contribution is 2.23. The van der Waals surface area contributed by atoms with Gasteiger partial charge in [0.1, 0.15) is 5.82 Å². The standard InChI is InChI=1S/C21H23FN6O/c1-14-12-15(2)28(26-14)20-10-9-19(24-25-20)27-11-3-4-16(13-27)21(29)23-18-7-5-17(22)6-8-18/h5-10,12,16H,3-4,11,13H2,1-2H3,(H,23,29). The van der Waals surface area contributed by atoms with Crippen molar-refractivity contribution in [3.05, 3.63) is 59.7 Å². The molecule has 7 nitrogen and oxygen atoms in total. The number of piperidine rings is 1. The number of benzene rings is 1. The second-order valence-corrected chi connectivity index (χ2v) is 7.37. The van der Waals surface area contributed by atoms with Gasteiger partial charge in [-0.05, 0) is 69.2 Å². The second-order valence-electron chi connectivity index (χ2n) is 7.37. The van der Waals surface area contributed by atoms with Gasteiger partial charge in [0.2, 0.25) is 5.91 Å². The van der Waals surface area contributed by atoms with Crippen LogP contribution in [0.4, 0.5) is 15.9 Å². The van der Waals surface area contributed by atoms with E-state index in [1.807, 2.05) is 32.0 Å². The SMILES string of the molecule is Cc1cc(C)n(-c2ccc(N3CCCC(C(=O)Nc4ccc(F)cc4)C3)nn2)n1. The number of amides is 1. The number of carbonyl (C=O) groups excluding carboxylic acids is 1. The minimum Gasteiger partial charge on any atom is -0.354 e. The first kappa shape index (κ1) is 19.0. The molecule has 1 saturated heterocycles. The maximum absolute atomic E-state index is 13.0. The highest BCUT2D eigenvalue weighted by atomic mass is 19.1. The molecular formula is C21H23FN6O. The van der Waals surface area contributed by atoms with Gasteiger partial charge in [-0.2, -0.15) is 5.10 Å². The van der Waals surface area contributed by atoms with E-state index in [-0.39, 0.29) is 17.6 Å². The van der Waals surface area contributed by atoms with Crippen LogP contribution in [0.2, 0.25) is 0 Å². The Morgan fingerprint density at radius 2 is 1.83 bits per heavy atom. The minimum absolute atomic E-state index is 0.0615. The summed E-state index contributed by atoms with van der Waals surface area (Å²) in [5, 5.41) is 16.0. The molecular weight excluding hydrogens is 371 g/mol. The molecule has 29 heavy (non-hydrogen) atoms. The number of halogens is 1. The molecule has 1 unspecified atom stereocenters. The summed E-state index contributed by atoms with van der Waals surface area (Å²) in [5.74, 6) is 0.866. The number of hydrogen-bond acceptors (Lipinski definition) is 5. The van der Waals surface area contributed by atoms with Crippen molar-refractivity contribution in [1.82, 2.24) is 20.0 Å². The van der Waals surface area contributed by atoms with Crippen LogP contribution in [-0.4, -0.2) is 39.0 Å². The van der Waals surface area contributed by atoms with Gasteiger partial charge in [0.05, 0.1) is 11.6 Å². The van der Waals surface area contributed by atoms with Crippen LogP contribution in [-0.2, 0) is 4.79 Å². The van der Waals surface area contributed by atoms with Crippen molar-refractivity contribution in [2.24, 2.45) is 5.92 Å². The lowest BCUT2D eigenvalue weighted by Crippen LogP contribution is -2.41. The topological polar surface area (TPSA) is 75.9 Å². The zero-order valence-electron chi connectivity index (χ0n) is 16.5.